The molecule has 0 bridgehead atoms. The number of piperidine rings is 1. The topological polar surface area (TPSA) is 49.4 Å². The average molecular weight is 397 g/mol. The van der Waals surface area contributed by atoms with Crippen molar-refractivity contribution < 1.29 is 9.59 Å². The zero-order valence-corrected chi connectivity index (χ0v) is 17.5. The van der Waals surface area contributed by atoms with Crippen LogP contribution in [0.25, 0.3) is 0 Å². The molecule has 2 aromatic rings. The molecule has 2 aliphatic rings. The molecule has 1 aromatic carbocycles. The molecule has 1 saturated heterocycles. The molecule has 4 nitrogen and oxygen atoms in total. The fourth-order valence-corrected chi connectivity index (χ4v) is 5.77. The third-order valence-corrected chi connectivity index (χ3v) is 7.22. The molecule has 1 fully saturated rings. The quantitative estimate of drug-likeness (QED) is 0.781. The van der Waals surface area contributed by atoms with Crippen molar-refractivity contribution >= 4 is 28.2 Å². The van der Waals surface area contributed by atoms with Crippen molar-refractivity contribution in [3.05, 3.63) is 51.9 Å². The van der Waals surface area contributed by atoms with Gasteiger partial charge in [-0.25, -0.2) is 0 Å². The first-order valence-corrected chi connectivity index (χ1v) is 11.2. The summed E-state index contributed by atoms with van der Waals surface area (Å²) in [6.45, 7) is 5.21. The van der Waals surface area contributed by atoms with Gasteiger partial charge in [0.2, 0.25) is 0 Å². The van der Waals surface area contributed by atoms with Crippen LogP contribution in [0.3, 0.4) is 0 Å². The molecule has 2 atom stereocenters. The molecule has 1 aliphatic heterocycles. The monoisotopic (exact) mass is 396 g/mol. The number of carbonyl (C=O) groups is 2. The summed E-state index contributed by atoms with van der Waals surface area (Å²) >= 11 is 1.60. The molecular weight excluding hydrogens is 368 g/mol. The lowest BCUT2D eigenvalue weighted by molar-refractivity contribution is 0.0635. The number of nitrogens with zero attached hydrogens (tertiary/aromatic N) is 1. The first kappa shape index (κ1) is 19.2. The largest absolute Gasteiger partial charge is 0.336 e. The number of hydrogen-bond donors (Lipinski definition) is 1. The molecule has 2 heterocycles. The molecule has 0 spiro atoms. The van der Waals surface area contributed by atoms with Gasteiger partial charge in [0.15, 0.2) is 0 Å². The second kappa shape index (κ2) is 8.08. The summed E-state index contributed by atoms with van der Waals surface area (Å²) in [4.78, 5) is 29.6. The summed E-state index contributed by atoms with van der Waals surface area (Å²) in [5.41, 5.74) is 2.55. The average Bonchev–Trinajstić information content (AvgIpc) is 3.05. The molecule has 148 valence electrons. The van der Waals surface area contributed by atoms with Crippen LogP contribution in [-0.4, -0.2) is 29.3 Å². The van der Waals surface area contributed by atoms with Crippen LogP contribution in [-0.2, 0) is 12.8 Å². The van der Waals surface area contributed by atoms with Crippen molar-refractivity contribution in [2.45, 2.75) is 58.4 Å². The molecule has 5 heteroatoms. The lowest BCUT2D eigenvalue weighted by atomic mass is 9.88. The highest BCUT2D eigenvalue weighted by molar-refractivity contribution is 7.17. The summed E-state index contributed by atoms with van der Waals surface area (Å²) in [5.74, 6) is 0.580. The Morgan fingerprint density at radius 2 is 1.89 bits per heavy atom. The summed E-state index contributed by atoms with van der Waals surface area (Å²) < 4.78 is 0. The standard InChI is InChI=1S/C23H28N2O2S/c1-15-11-12-18-19(14-15)28-22(24-21(26)17-9-4-3-5-10-17)20(18)23(27)25-13-7-6-8-16(25)2/h3-5,9-10,15-16H,6-8,11-14H2,1-2H3,(H,24,26)/t15-,16-/m1/s1. The number of nitrogens with one attached hydrogen (secondary N) is 1. The number of benzene rings is 1. The van der Waals surface area contributed by atoms with Gasteiger partial charge in [-0.2, -0.15) is 0 Å². The Hall–Kier alpha value is -2.14. The van der Waals surface area contributed by atoms with Gasteiger partial charge in [0, 0.05) is 23.0 Å². The number of fused-ring (bicyclic) bond motifs is 1. The van der Waals surface area contributed by atoms with Gasteiger partial charge in [0.1, 0.15) is 5.00 Å². The van der Waals surface area contributed by atoms with Crippen LogP contribution in [0.5, 0.6) is 0 Å². The number of anilines is 1. The SMILES string of the molecule is C[C@@H]1CCc2c(sc(NC(=O)c3ccccc3)c2C(=O)N2CCCC[C@H]2C)C1. The first-order chi connectivity index (χ1) is 13.5. The molecule has 2 amide bonds. The summed E-state index contributed by atoms with van der Waals surface area (Å²) in [6.07, 6.45) is 6.33. The van der Waals surface area contributed by atoms with Crippen LogP contribution in [0.1, 0.15) is 70.7 Å². The number of carbonyl (C=O) groups excluding carboxylic acids is 2. The third-order valence-electron chi connectivity index (χ3n) is 6.05. The highest BCUT2D eigenvalue weighted by Gasteiger charge is 2.33. The second-order valence-electron chi connectivity index (χ2n) is 8.22. The normalized spacial score (nSPS) is 21.9. The summed E-state index contributed by atoms with van der Waals surface area (Å²) in [7, 11) is 0. The Balaban J connectivity index is 1.69. The van der Waals surface area contributed by atoms with Crippen LogP contribution in [0.2, 0.25) is 0 Å². The zero-order chi connectivity index (χ0) is 19.7. The van der Waals surface area contributed by atoms with Crippen molar-refractivity contribution in [3.8, 4) is 0 Å². The molecule has 28 heavy (non-hydrogen) atoms. The Bertz CT molecular complexity index is 874. The van der Waals surface area contributed by atoms with Gasteiger partial charge < -0.3 is 10.2 Å². The molecule has 1 N–H and O–H groups in total. The maximum atomic E-state index is 13.5. The molecule has 0 radical (unpaired) electrons. The van der Waals surface area contributed by atoms with Crippen LogP contribution in [0, 0.1) is 5.92 Å². The highest BCUT2D eigenvalue weighted by atomic mass is 32.1. The number of likely N-dealkylation sites (tertiary alicyclic amines) is 1. The van der Waals surface area contributed by atoms with E-state index in [9.17, 15) is 9.59 Å². The van der Waals surface area contributed by atoms with E-state index in [1.165, 1.54) is 16.9 Å². The Labute approximate surface area is 170 Å². The lowest BCUT2D eigenvalue weighted by Gasteiger charge is -2.34. The van der Waals surface area contributed by atoms with E-state index in [-0.39, 0.29) is 17.9 Å². The Kier molecular flexibility index (Phi) is 5.54. The van der Waals surface area contributed by atoms with E-state index in [2.05, 4.69) is 19.2 Å². The van der Waals surface area contributed by atoms with Gasteiger partial charge in [0.25, 0.3) is 11.8 Å². The first-order valence-electron chi connectivity index (χ1n) is 10.4. The summed E-state index contributed by atoms with van der Waals surface area (Å²) in [6, 6.07) is 9.49. The van der Waals surface area contributed by atoms with Crippen LogP contribution >= 0.6 is 11.3 Å². The van der Waals surface area contributed by atoms with Gasteiger partial charge in [-0.1, -0.05) is 25.1 Å². The number of rotatable bonds is 3. The van der Waals surface area contributed by atoms with Crippen molar-refractivity contribution in [1.82, 2.24) is 4.90 Å². The van der Waals surface area contributed by atoms with Crippen LogP contribution in [0.15, 0.2) is 30.3 Å². The van der Waals surface area contributed by atoms with Gasteiger partial charge in [0.05, 0.1) is 5.56 Å². The summed E-state index contributed by atoms with van der Waals surface area (Å²) in [5, 5.41) is 3.80. The van der Waals surface area contributed by atoms with E-state index in [0.717, 1.165) is 49.2 Å². The molecule has 1 aliphatic carbocycles. The number of hydrogen-bond acceptors (Lipinski definition) is 3. The highest BCUT2D eigenvalue weighted by Crippen LogP contribution is 2.41. The van der Waals surface area contributed by atoms with Crippen molar-refractivity contribution in [2.75, 3.05) is 11.9 Å². The van der Waals surface area contributed by atoms with Crippen molar-refractivity contribution in [3.63, 3.8) is 0 Å². The maximum absolute atomic E-state index is 13.5. The third kappa shape index (κ3) is 3.72. The van der Waals surface area contributed by atoms with Crippen molar-refractivity contribution in [1.29, 1.82) is 0 Å². The predicted octanol–water partition coefficient (Wildman–Crippen LogP) is 5.14. The smallest absolute Gasteiger partial charge is 0.257 e. The molecule has 0 saturated carbocycles. The fourth-order valence-electron chi connectivity index (χ4n) is 4.37. The zero-order valence-electron chi connectivity index (χ0n) is 16.7. The predicted molar refractivity (Wildman–Crippen MR) is 114 cm³/mol. The van der Waals surface area contributed by atoms with E-state index in [0.29, 0.717) is 11.5 Å². The van der Waals surface area contributed by atoms with E-state index in [4.69, 9.17) is 0 Å². The van der Waals surface area contributed by atoms with Crippen LogP contribution in [0.4, 0.5) is 5.00 Å². The Morgan fingerprint density at radius 1 is 1.11 bits per heavy atom. The minimum atomic E-state index is -0.145. The molecule has 4 rings (SSSR count). The molecular formula is C23H28N2O2S. The molecule has 1 aromatic heterocycles. The van der Waals surface area contributed by atoms with Crippen molar-refractivity contribution in [2.24, 2.45) is 5.92 Å². The van der Waals surface area contributed by atoms with Gasteiger partial charge in [-0.3, -0.25) is 9.59 Å². The minimum absolute atomic E-state index is 0.0996. The van der Waals surface area contributed by atoms with E-state index >= 15 is 0 Å². The van der Waals surface area contributed by atoms with Gasteiger partial charge in [-0.05, 0) is 69.1 Å². The Morgan fingerprint density at radius 3 is 2.64 bits per heavy atom. The van der Waals surface area contributed by atoms with E-state index in [1.54, 1.807) is 23.5 Å². The fraction of sp³-hybridized carbons (Fsp3) is 0.478. The number of thiophene rings is 1. The van der Waals surface area contributed by atoms with E-state index < -0.39 is 0 Å². The second-order valence-corrected chi connectivity index (χ2v) is 9.32. The van der Waals surface area contributed by atoms with E-state index in [1.807, 2.05) is 23.1 Å². The van der Waals surface area contributed by atoms with Gasteiger partial charge >= 0.3 is 0 Å². The lowest BCUT2D eigenvalue weighted by Crippen LogP contribution is -2.42. The van der Waals surface area contributed by atoms with Gasteiger partial charge in [-0.15, -0.1) is 11.3 Å². The van der Waals surface area contributed by atoms with Crippen LogP contribution < -0.4 is 5.32 Å². The number of amides is 2. The maximum Gasteiger partial charge on any atom is 0.257 e. The minimum Gasteiger partial charge on any atom is -0.336 e. The molecule has 0 unspecified atom stereocenters.